The van der Waals surface area contributed by atoms with Crippen LogP contribution < -0.4 is 10.5 Å². The number of thiazole rings is 1. The zero-order valence-corrected chi connectivity index (χ0v) is 17.3. The van der Waals surface area contributed by atoms with Gasteiger partial charge in [0.2, 0.25) is 0 Å². The molecule has 2 N–H and O–H groups in total. The van der Waals surface area contributed by atoms with Crippen LogP contribution in [0.2, 0.25) is 0 Å². The van der Waals surface area contributed by atoms with E-state index in [1.54, 1.807) is 11.3 Å². The molecule has 1 saturated heterocycles. The largest absolute Gasteiger partial charge is 0.486 e. The minimum absolute atomic E-state index is 0. The number of aryl methyl sites for hydroxylation is 1. The molecule has 8 heteroatoms. The zero-order valence-electron chi connectivity index (χ0n) is 14.9. The quantitative estimate of drug-likeness (QED) is 0.804. The van der Waals surface area contributed by atoms with Gasteiger partial charge in [0.25, 0.3) is 5.91 Å². The molecule has 0 aliphatic carbocycles. The lowest BCUT2D eigenvalue weighted by molar-refractivity contribution is 0.0738. The van der Waals surface area contributed by atoms with E-state index in [2.05, 4.69) is 11.9 Å². The minimum Gasteiger partial charge on any atom is -0.486 e. The maximum Gasteiger partial charge on any atom is 0.257 e. The van der Waals surface area contributed by atoms with Crippen LogP contribution in [-0.4, -0.2) is 34.9 Å². The van der Waals surface area contributed by atoms with Gasteiger partial charge in [-0.15, -0.1) is 36.2 Å². The molecule has 2 aromatic rings. The average Bonchev–Trinajstić information content (AvgIpc) is 3.18. The van der Waals surface area contributed by atoms with Crippen LogP contribution in [0.25, 0.3) is 0 Å². The summed E-state index contributed by atoms with van der Waals surface area (Å²) in [6, 6.07) is 7.63. The molecule has 2 unspecified atom stereocenters. The Labute approximate surface area is 170 Å². The lowest BCUT2D eigenvalue weighted by Crippen LogP contribution is -2.34. The van der Waals surface area contributed by atoms with E-state index in [0.29, 0.717) is 30.4 Å². The van der Waals surface area contributed by atoms with E-state index < -0.39 is 0 Å². The van der Waals surface area contributed by atoms with Crippen LogP contribution in [0.3, 0.4) is 0 Å². The van der Waals surface area contributed by atoms with Gasteiger partial charge in [0.15, 0.2) is 0 Å². The van der Waals surface area contributed by atoms with Crippen molar-refractivity contribution in [1.29, 1.82) is 0 Å². The predicted molar refractivity (Wildman–Crippen MR) is 110 cm³/mol. The predicted octanol–water partition coefficient (Wildman–Crippen LogP) is 3.68. The molecule has 0 saturated carbocycles. The Kier molecular flexibility index (Phi) is 8.83. The summed E-state index contributed by atoms with van der Waals surface area (Å²) in [6.45, 7) is 5.75. The second kappa shape index (κ2) is 10.1. The zero-order chi connectivity index (χ0) is 17.1. The summed E-state index contributed by atoms with van der Waals surface area (Å²) in [6.07, 6.45) is 0.962. The Bertz CT molecular complexity index is 726. The van der Waals surface area contributed by atoms with Gasteiger partial charge in [-0.3, -0.25) is 4.79 Å². The van der Waals surface area contributed by atoms with Crippen molar-refractivity contribution >= 4 is 42.1 Å². The Morgan fingerprint density at radius 3 is 2.73 bits per heavy atom. The molecular weight excluding hydrogens is 393 g/mol. The van der Waals surface area contributed by atoms with E-state index >= 15 is 0 Å². The molecule has 3 rings (SSSR count). The second-order valence-electron chi connectivity index (χ2n) is 6.29. The maximum absolute atomic E-state index is 12.9. The van der Waals surface area contributed by atoms with E-state index in [0.717, 1.165) is 23.7 Å². The van der Waals surface area contributed by atoms with Gasteiger partial charge in [-0.25, -0.2) is 4.98 Å². The van der Waals surface area contributed by atoms with Gasteiger partial charge in [-0.2, -0.15) is 0 Å². The molecule has 1 aromatic heterocycles. The summed E-state index contributed by atoms with van der Waals surface area (Å²) in [5.74, 6) is 1.01. The first-order chi connectivity index (χ1) is 11.6. The Hall–Kier alpha value is -1.34. The highest BCUT2D eigenvalue weighted by atomic mass is 35.5. The summed E-state index contributed by atoms with van der Waals surface area (Å²) in [5.41, 5.74) is 7.26. The van der Waals surface area contributed by atoms with Crippen molar-refractivity contribution in [2.24, 2.45) is 11.7 Å². The smallest absolute Gasteiger partial charge is 0.257 e. The van der Waals surface area contributed by atoms with Crippen LogP contribution in [-0.2, 0) is 6.61 Å². The number of hydrogen-bond donors (Lipinski definition) is 1. The number of halogens is 2. The van der Waals surface area contributed by atoms with Crippen molar-refractivity contribution in [3.8, 4) is 5.75 Å². The molecule has 144 valence electrons. The van der Waals surface area contributed by atoms with Crippen LogP contribution in [0.5, 0.6) is 5.75 Å². The average molecular weight is 418 g/mol. The Morgan fingerprint density at radius 1 is 1.38 bits per heavy atom. The van der Waals surface area contributed by atoms with E-state index in [1.165, 1.54) is 0 Å². The summed E-state index contributed by atoms with van der Waals surface area (Å²) < 4.78 is 5.88. The van der Waals surface area contributed by atoms with Crippen molar-refractivity contribution in [2.75, 3.05) is 13.1 Å². The SMILES string of the molecule is Cc1nc(COc2ccccc2C(=O)N2CC(CN)CC2C)cs1.Cl.Cl. The first-order valence-corrected chi connectivity index (χ1v) is 9.10. The Morgan fingerprint density at radius 2 is 2.12 bits per heavy atom. The number of aromatic nitrogens is 1. The topological polar surface area (TPSA) is 68.5 Å². The number of carbonyl (C=O) groups excluding carboxylic acids is 1. The molecule has 0 radical (unpaired) electrons. The van der Waals surface area contributed by atoms with Crippen molar-refractivity contribution in [1.82, 2.24) is 9.88 Å². The number of likely N-dealkylation sites (tertiary alicyclic amines) is 1. The number of carbonyl (C=O) groups is 1. The minimum atomic E-state index is 0. The highest BCUT2D eigenvalue weighted by Gasteiger charge is 2.33. The second-order valence-corrected chi connectivity index (χ2v) is 7.35. The molecule has 2 heterocycles. The van der Waals surface area contributed by atoms with Crippen LogP contribution >= 0.6 is 36.2 Å². The molecule has 1 amide bonds. The monoisotopic (exact) mass is 417 g/mol. The van der Waals surface area contributed by atoms with Gasteiger partial charge < -0.3 is 15.4 Å². The standard InChI is InChI=1S/C18H23N3O2S.2ClH/c1-12-7-14(8-19)9-21(12)18(22)16-5-3-4-6-17(16)23-10-15-11-24-13(2)20-15;;/h3-6,11-12,14H,7-10,19H2,1-2H3;2*1H. The molecule has 1 fully saturated rings. The number of amides is 1. The third-order valence-electron chi connectivity index (χ3n) is 4.42. The third-order valence-corrected chi connectivity index (χ3v) is 5.24. The number of benzene rings is 1. The number of rotatable bonds is 5. The van der Waals surface area contributed by atoms with Gasteiger partial charge >= 0.3 is 0 Å². The molecule has 2 atom stereocenters. The van der Waals surface area contributed by atoms with Gasteiger partial charge in [0.05, 0.1) is 16.3 Å². The number of nitrogens with two attached hydrogens (primary N) is 1. The van der Waals surface area contributed by atoms with Crippen LogP contribution in [0, 0.1) is 12.8 Å². The summed E-state index contributed by atoms with van der Waals surface area (Å²) >= 11 is 1.60. The first-order valence-electron chi connectivity index (χ1n) is 8.22. The third kappa shape index (κ3) is 5.10. The van der Waals surface area contributed by atoms with Crippen molar-refractivity contribution in [2.45, 2.75) is 32.9 Å². The Balaban J connectivity index is 0.00000169. The number of para-hydroxylation sites is 1. The van der Waals surface area contributed by atoms with E-state index in [4.69, 9.17) is 10.5 Å². The molecule has 5 nitrogen and oxygen atoms in total. The van der Waals surface area contributed by atoms with E-state index in [1.807, 2.05) is 41.5 Å². The normalized spacial score (nSPS) is 18.8. The fourth-order valence-electron chi connectivity index (χ4n) is 3.15. The summed E-state index contributed by atoms with van der Waals surface area (Å²) in [4.78, 5) is 19.3. The summed E-state index contributed by atoms with van der Waals surface area (Å²) in [5, 5.41) is 2.99. The number of hydrogen-bond acceptors (Lipinski definition) is 5. The van der Waals surface area contributed by atoms with Crippen molar-refractivity contribution in [3.05, 3.63) is 45.9 Å². The van der Waals surface area contributed by atoms with Crippen molar-refractivity contribution in [3.63, 3.8) is 0 Å². The van der Waals surface area contributed by atoms with Gasteiger partial charge in [0.1, 0.15) is 12.4 Å². The highest BCUT2D eigenvalue weighted by molar-refractivity contribution is 7.09. The maximum atomic E-state index is 12.9. The van der Waals surface area contributed by atoms with Crippen LogP contribution in [0.4, 0.5) is 0 Å². The van der Waals surface area contributed by atoms with Gasteiger partial charge in [0, 0.05) is 18.0 Å². The van der Waals surface area contributed by atoms with E-state index in [-0.39, 0.29) is 36.8 Å². The molecule has 1 aromatic carbocycles. The van der Waals surface area contributed by atoms with Crippen molar-refractivity contribution < 1.29 is 9.53 Å². The fraction of sp³-hybridized carbons (Fsp3) is 0.444. The molecule has 0 spiro atoms. The highest BCUT2D eigenvalue weighted by Crippen LogP contribution is 2.28. The molecule has 0 bridgehead atoms. The molecule has 26 heavy (non-hydrogen) atoms. The fourth-order valence-corrected chi connectivity index (χ4v) is 3.74. The lowest BCUT2D eigenvalue weighted by atomic mass is 10.1. The number of ether oxygens (including phenoxy) is 1. The number of nitrogens with zero attached hydrogens (tertiary/aromatic N) is 2. The first kappa shape index (κ1) is 22.7. The molecular formula is C18H25Cl2N3O2S. The molecule has 1 aliphatic rings. The van der Waals surface area contributed by atoms with Gasteiger partial charge in [-0.05, 0) is 44.9 Å². The van der Waals surface area contributed by atoms with Crippen LogP contribution in [0.1, 0.15) is 34.4 Å². The molecule has 1 aliphatic heterocycles. The van der Waals surface area contributed by atoms with Gasteiger partial charge in [-0.1, -0.05) is 12.1 Å². The lowest BCUT2D eigenvalue weighted by Gasteiger charge is -2.22. The van der Waals surface area contributed by atoms with E-state index in [9.17, 15) is 4.79 Å². The summed E-state index contributed by atoms with van der Waals surface area (Å²) in [7, 11) is 0. The van der Waals surface area contributed by atoms with Crippen LogP contribution in [0.15, 0.2) is 29.6 Å².